The molecule has 112 valence electrons. The van der Waals surface area contributed by atoms with E-state index in [-0.39, 0.29) is 0 Å². The zero-order valence-electron chi connectivity index (χ0n) is 11.2. The van der Waals surface area contributed by atoms with Gasteiger partial charge in [-0.1, -0.05) is 12.1 Å². The highest BCUT2D eigenvalue weighted by Gasteiger charge is 2.30. The Morgan fingerprint density at radius 2 is 1.90 bits per heavy atom. The summed E-state index contributed by atoms with van der Waals surface area (Å²) < 4.78 is 46.9. The molecular formula is C14H18F3NO2. The Balaban J connectivity index is 1.98. The molecule has 1 aliphatic rings. The van der Waals surface area contributed by atoms with Crippen molar-refractivity contribution in [3.05, 3.63) is 29.8 Å². The summed E-state index contributed by atoms with van der Waals surface area (Å²) in [5, 5.41) is 3.20. The Morgan fingerprint density at radius 1 is 1.25 bits per heavy atom. The molecule has 0 heterocycles. The molecule has 1 atom stereocenters. The topological polar surface area (TPSA) is 30.5 Å². The van der Waals surface area contributed by atoms with Crippen LogP contribution in [-0.2, 0) is 4.74 Å². The third kappa shape index (κ3) is 5.02. The van der Waals surface area contributed by atoms with E-state index in [2.05, 4.69) is 5.32 Å². The second kappa shape index (κ2) is 6.45. The molecule has 0 saturated heterocycles. The van der Waals surface area contributed by atoms with Crippen molar-refractivity contribution >= 4 is 0 Å². The highest BCUT2D eigenvalue weighted by atomic mass is 19.4. The van der Waals surface area contributed by atoms with Crippen molar-refractivity contribution in [1.29, 1.82) is 0 Å². The Morgan fingerprint density at radius 3 is 2.40 bits per heavy atom. The van der Waals surface area contributed by atoms with Crippen LogP contribution in [0.2, 0.25) is 0 Å². The van der Waals surface area contributed by atoms with Crippen molar-refractivity contribution in [2.24, 2.45) is 0 Å². The van der Waals surface area contributed by atoms with Crippen LogP contribution in [0.1, 0.15) is 24.5 Å². The summed E-state index contributed by atoms with van der Waals surface area (Å²) in [6, 6.07) is 7.32. The van der Waals surface area contributed by atoms with Crippen molar-refractivity contribution < 1.29 is 22.6 Å². The molecule has 0 aliphatic heterocycles. The normalized spacial score (nSPS) is 17.0. The van der Waals surface area contributed by atoms with E-state index in [0.717, 1.165) is 12.8 Å². The first-order valence-corrected chi connectivity index (χ1v) is 6.53. The number of ether oxygens (including phenoxy) is 2. The number of nitrogens with one attached hydrogen (secondary N) is 1. The second-order valence-corrected chi connectivity index (χ2v) is 4.87. The van der Waals surface area contributed by atoms with E-state index in [1.165, 1.54) is 0 Å². The number of hydrogen-bond donors (Lipinski definition) is 1. The molecule has 0 aromatic heterocycles. The summed E-state index contributed by atoms with van der Waals surface area (Å²) >= 11 is 0. The van der Waals surface area contributed by atoms with Crippen molar-refractivity contribution in [2.75, 3.05) is 20.3 Å². The molecule has 0 radical (unpaired) electrons. The van der Waals surface area contributed by atoms with E-state index >= 15 is 0 Å². The monoisotopic (exact) mass is 289 g/mol. The van der Waals surface area contributed by atoms with E-state index < -0.39 is 18.9 Å². The number of halogens is 3. The standard InChI is InChI=1S/C14H18F3NO2/c1-19-12-6-2-10(3-7-12)13(8-18-11-4-5-11)20-9-14(15,16)17/h2-3,6-7,11,13,18H,4-5,8-9H2,1H3. The van der Waals surface area contributed by atoms with Crippen molar-refractivity contribution in [3.8, 4) is 5.75 Å². The fourth-order valence-electron chi connectivity index (χ4n) is 1.85. The number of alkyl halides is 3. The van der Waals surface area contributed by atoms with Gasteiger partial charge in [0.1, 0.15) is 12.4 Å². The summed E-state index contributed by atoms with van der Waals surface area (Å²) in [5.41, 5.74) is 0.711. The van der Waals surface area contributed by atoms with E-state index in [1.807, 2.05) is 0 Å². The molecule has 6 heteroatoms. The Hall–Kier alpha value is -1.27. The van der Waals surface area contributed by atoms with Crippen LogP contribution in [0.3, 0.4) is 0 Å². The first-order valence-electron chi connectivity index (χ1n) is 6.53. The molecule has 1 N–H and O–H groups in total. The van der Waals surface area contributed by atoms with E-state index in [9.17, 15) is 13.2 Å². The molecule has 1 fully saturated rings. The zero-order valence-corrected chi connectivity index (χ0v) is 11.2. The van der Waals surface area contributed by atoms with Gasteiger partial charge in [0.15, 0.2) is 0 Å². The van der Waals surface area contributed by atoms with Crippen LogP contribution >= 0.6 is 0 Å². The Bertz CT molecular complexity index is 415. The fraction of sp³-hybridized carbons (Fsp3) is 0.571. The molecule has 1 aliphatic carbocycles. The lowest BCUT2D eigenvalue weighted by molar-refractivity contribution is -0.185. The maximum atomic E-state index is 12.3. The molecule has 0 amide bonds. The van der Waals surface area contributed by atoms with Crippen LogP contribution < -0.4 is 10.1 Å². The number of benzene rings is 1. The van der Waals surface area contributed by atoms with Crippen LogP contribution in [0.4, 0.5) is 13.2 Å². The molecular weight excluding hydrogens is 271 g/mol. The third-order valence-corrected chi connectivity index (χ3v) is 3.11. The lowest BCUT2D eigenvalue weighted by Gasteiger charge is -2.20. The van der Waals surface area contributed by atoms with Gasteiger partial charge in [-0.25, -0.2) is 0 Å². The summed E-state index contributed by atoms with van der Waals surface area (Å²) in [6.45, 7) is -0.858. The van der Waals surface area contributed by atoms with Gasteiger partial charge in [0.25, 0.3) is 0 Å². The van der Waals surface area contributed by atoms with Crippen molar-refractivity contribution in [2.45, 2.75) is 31.2 Å². The van der Waals surface area contributed by atoms with Gasteiger partial charge in [-0.3, -0.25) is 0 Å². The molecule has 3 nitrogen and oxygen atoms in total. The third-order valence-electron chi connectivity index (χ3n) is 3.11. The summed E-state index contributed by atoms with van der Waals surface area (Å²) in [5.74, 6) is 0.665. The number of hydrogen-bond acceptors (Lipinski definition) is 3. The smallest absolute Gasteiger partial charge is 0.411 e. The van der Waals surface area contributed by atoms with Gasteiger partial charge in [0, 0.05) is 12.6 Å². The van der Waals surface area contributed by atoms with E-state index in [1.54, 1.807) is 31.4 Å². The summed E-state index contributed by atoms with van der Waals surface area (Å²) in [6.07, 6.45) is -2.77. The van der Waals surface area contributed by atoms with Crippen LogP contribution in [-0.4, -0.2) is 32.5 Å². The van der Waals surface area contributed by atoms with Gasteiger partial charge in [-0.15, -0.1) is 0 Å². The molecule has 20 heavy (non-hydrogen) atoms. The second-order valence-electron chi connectivity index (χ2n) is 4.87. The number of methoxy groups -OCH3 is 1. The minimum Gasteiger partial charge on any atom is -0.497 e. The van der Waals surface area contributed by atoms with Crippen LogP contribution in [0.25, 0.3) is 0 Å². The van der Waals surface area contributed by atoms with Crippen molar-refractivity contribution in [3.63, 3.8) is 0 Å². The zero-order chi connectivity index (χ0) is 14.6. The van der Waals surface area contributed by atoms with E-state index in [0.29, 0.717) is 23.9 Å². The lowest BCUT2D eigenvalue weighted by atomic mass is 10.1. The highest BCUT2D eigenvalue weighted by molar-refractivity contribution is 5.28. The molecule has 0 spiro atoms. The molecule has 1 saturated carbocycles. The minimum atomic E-state index is -4.32. The molecule has 0 bridgehead atoms. The maximum Gasteiger partial charge on any atom is 0.411 e. The van der Waals surface area contributed by atoms with Gasteiger partial charge in [-0.2, -0.15) is 13.2 Å². The summed E-state index contributed by atoms with van der Waals surface area (Å²) in [7, 11) is 1.54. The first-order chi connectivity index (χ1) is 9.48. The molecule has 1 unspecified atom stereocenters. The quantitative estimate of drug-likeness (QED) is 0.837. The van der Waals surface area contributed by atoms with Gasteiger partial charge < -0.3 is 14.8 Å². The van der Waals surface area contributed by atoms with Crippen molar-refractivity contribution in [1.82, 2.24) is 5.32 Å². The summed E-state index contributed by atoms with van der Waals surface area (Å²) in [4.78, 5) is 0. The largest absolute Gasteiger partial charge is 0.497 e. The first kappa shape index (κ1) is 15.1. The minimum absolute atomic E-state index is 0.382. The maximum absolute atomic E-state index is 12.3. The molecule has 1 aromatic rings. The van der Waals surface area contributed by atoms with Crippen LogP contribution in [0, 0.1) is 0 Å². The van der Waals surface area contributed by atoms with E-state index in [4.69, 9.17) is 9.47 Å². The molecule has 1 aromatic carbocycles. The van der Waals surface area contributed by atoms with Gasteiger partial charge in [0.05, 0.1) is 13.2 Å². The van der Waals surface area contributed by atoms with Gasteiger partial charge in [-0.05, 0) is 30.5 Å². The van der Waals surface area contributed by atoms with Crippen LogP contribution in [0.15, 0.2) is 24.3 Å². The van der Waals surface area contributed by atoms with Gasteiger partial charge in [0.2, 0.25) is 0 Å². The highest BCUT2D eigenvalue weighted by Crippen LogP contribution is 2.26. The lowest BCUT2D eigenvalue weighted by Crippen LogP contribution is -2.28. The molecule has 2 rings (SSSR count). The Labute approximate surface area is 116 Å². The average molecular weight is 289 g/mol. The predicted octanol–water partition coefficient (Wildman–Crippen LogP) is 3.07. The number of rotatable bonds is 7. The van der Waals surface area contributed by atoms with Gasteiger partial charge >= 0.3 is 6.18 Å². The predicted molar refractivity (Wildman–Crippen MR) is 68.8 cm³/mol. The Kier molecular flexibility index (Phi) is 4.88. The van der Waals surface area contributed by atoms with Crippen LogP contribution in [0.5, 0.6) is 5.75 Å². The SMILES string of the molecule is COc1ccc(C(CNC2CC2)OCC(F)(F)F)cc1. The fourth-order valence-corrected chi connectivity index (χ4v) is 1.85. The average Bonchev–Trinajstić information content (AvgIpc) is 3.22.